The molecule has 2 aromatic rings. The number of ether oxygens (including phenoxy) is 1. The first kappa shape index (κ1) is 15.8. The Kier molecular flexibility index (Phi) is 4.41. The van der Waals surface area contributed by atoms with E-state index in [0.717, 1.165) is 44.8 Å². The Hall–Kier alpha value is -1.66. The first-order valence-corrected chi connectivity index (χ1v) is 9.55. The molecule has 0 saturated carbocycles. The SMILES string of the molecule is Cc1nccn1[C@H]1CCCN(C(=O)C[C@@H]2OCCc3ccsc32)C1. The Labute approximate surface area is 146 Å². The third-order valence-corrected chi connectivity index (χ3v) is 6.18. The molecule has 1 amide bonds. The van der Waals surface area contributed by atoms with Crippen LogP contribution in [0.1, 0.15) is 47.7 Å². The van der Waals surface area contributed by atoms with Gasteiger partial charge in [-0.05, 0) is 43.2 Å². The minimum absolute atomic E-state index is 0.0587. The Balaban J connectivity index is 1.43. The summed E-state index contributed by atoms with van der Waals surface area (Å²) in [6, 6.07) is 2.51. The van der Waals surface area contributed by atoms with Crippen molar-refractivity contribution >= 4 is 17.2 Å². The molecular formula is C18H23N3O2S. The van der Waals surface area contributed by atoms with E-state index in [1.165, 1.54) is 10.4 Å². The van der Waals surface area contributed by atoms with Crippen LogP contribution >= 0.6 is 11.3 Å². The summed E-state index contributed by atoms with van der Waals surface area (Å²) >= 11 is 1.71. The van der Waals surface area contributed by atoms with Crippen molar-refractivity contribution in [3.8, 4) is 0 Å². The lowest BCUT2D eigenvalue weighted by Gasteiger charge is -2.35. The zero-order valence-corrected chi connectivity index (χ0v) is 14.8. The van der Waals surface area contributed by atoms with Crippen molar-refractivity contribution in [2.24, 2.45) is 0 Å². The molecule has 128 valence electrons. The average Bonchev–Trinajstić information content (AvgIpc) is 3.24. The molecule has 0 radical (unpaired) electrons. The highest BCUT2D eigenvalue weighted by Gasteiger charge is 2.30. The molecule has 0 unspecified atom stereocenters. The van der Waals surface area contributed by atoms with Crippen LogP contribution in [0.3, 0.4) is 0 Å². The van der Waals surface area contributed by atoms with Crippen molar-refractivity contribution in [3.63, 3.8) is 0 Å². The topological polar surface area (TPSA) is 47.4 Å². The van der Waals surface area contributed by atoms with Gasteiger partial charge >= 0.3 is 0 Å². The van der Waals surface area contributed by atoms with E-state index in [-0.39, 0.29) is 12.0 Å². The van der Waals surface area contributed by atoms with Gasteiger partial charge in [0.1, 0.15) is 11.9 Å². The van der Waals surface area contributed by atoms with Gasteiger partial charge in [0.25, 0.3) is 0 Å². The van der Waals surface area contributed by atoms with E-state index in [4.69, 9.17) is 4.74 Å². The van der Waals surface area contributed by atoms with E-state index in [1.807, 2.05) is 24.2 Å². The van der Waals surface area contributed by atoms with Crippen molar-refractivity contribution in [3.05, 3.63) is 40.1 Å². The lowest BCUT2D eigenvalue weighted by atomic mass is 10.0. The summed E-state index contributed by atoms with van der Waals surface area (Å²) in [5.74, 6) is 1.23. The van der Waals surface area contributed by atoms with E-state index < -0.39 is 0 Å². The molecule has 1 fully saturated rings. The van der Waals surface area contributed by atoms with Crippen molar-refractivity contribution in [2.75, 3.05) is 19.7 Å². The number of rotatable bonds is 3. The van der Waals surface area contributed by atoms with Crippen molar-refractivity contribution < 1.29 is 9.53 Å². The zero-order valence-electron chi connectivity index (χ0n) is 14.0. The molecule has 24 heavy (non-hydrogen) atoms. The van der Waals surface area contributed by atoms with Crippen LogP contribution in [0.15, 0.2) is 23.8 Å². The molecule has 0 N–H and O–H groups in total. The highest BCUT2D eigenvalue weighted by Crippen LogP contribution is 2.34. The Morgan fingerprint density at radius 3 is 3.25 bits per heavy atom. The number of aryl methyl sites for hydroxylation is 1. The van der Waals surface area contributed by atoms with Gasteiger partial charge in [-0.15, -0.1) is 11.3 Å². The number of likely N-dealkylation sites (tertiary alicyclic amines) is 1. The van der Waals surface area contributed by atoms with Crippen LogP contribution in [0.25, 0.3) is 0 Å². The normalized spacial score (nSPS) is 24.0. The number of hydrogen-bond acceptors (Lipinski definition) is 4. The van der Waals surface area contributed by atoms with Gasteiger partial charge < -0.3 is 14.2 Å². The molecule has 4 heterocycles. The number of aromatic nitrogens is 2. The molecule has 0 aliphatic carbocycles. The third kappa shape index (κ3) is 3.00. The zero-order chi connectivity index (χ0) is 16.5. The number of piperidine rings is 1. The number of thiophene rings is 1. The fourth-order valence-electron chi connectivity index (χ4n) is 3.84. The maximum absolute atomic E-state index is 12.8. The number of carbonyl (C=O) groups is 1. The largest absolute Gasteiger partial charge is 0.372 e. The summed E-state index contributed by atoms with van der Waals surface area (Å²) in [6.07, 6.45) is 7.38. The maximum Gasteiger partial charge on any atom is 0.225 e. The van der Waals surface area contributed by atoms with Crippen molar-refractivity contribution in [2.45, 2.75) is 44.8 Å². The summed E-state index contributed by atoms with van der Waals surface area (Å²) in [7, 11) is 0. The molecule has 5 nitrogen and oxygen atoms in total. The van der Waals surface area contributed by atoms with Crippen LogP contribution in [-0.2, 0) is 16.0 Å². The predicted octanol–water partition coefficient (Wildman–Crippen LogP) is 3.12. The number of hydrogen-bond donors (Lipinski definition) is 0. The number of carbonyl (C=O) groups excluding carboxylic acids is 1. The highest BCUT2D eigenvalue weighted by molar-refractivity contribution is 7.10. The minimum Gasteiger partial charge on any atom is -0.372 e. The van der Waals surface area contributed by atoms with E-state index in [1.54, 1.807) is 11.3 Å². The Morgan fingerprint density at radius 1 is 1.50 bits per heavy atom. The molecular weight excluding hydrogens is 322 g/mol. The average molecular weight is 345 g/mol. The van der Waals surface area contributed by atoms with Crippen LogP contribution < -0.4 is 0 Å². The second kappa shape index (κ2) is 6.69. The number of amides is 1. The van der Waals surface area contributed by atoms with Gasteiger partial charge in [0, 0.05) is 30.4 Å². The first-order chi connectivity index (χ1) is 11.7. The van der Waals surface area contributed by atoms with Gasteiger partial charge in [-0.2, -0.15) is 0 Å². The molecule has 4 rings (SSSR count). The Bertz CT molecular complexity index is 723. The molecule has 0 spiro atoms. The van der Waals surface area contributed by atoms with Gasteiger partial charge in [0.2, 0.25) is 5.91 Å². The van der Waals surface area contributed by atoms with Crippen LogP contribution in [0, 0.1) is 6.92 Å². The maximum atomic E-state index is 12.8. The number of imidazole rings is 1. The van der Waals surface area contributed by atoms with Gasteiger partial charge in [0.15, 0.2) is 0 Å². The minimum atomic E-state index is -0.0587. The van der Waals surface area contributed by atoms with E-state index in [9.17, 15) is 4.79 Å². The molecule has 2 atom stereocenters. The molecule has 1 saturated heterocycles. The van der Waals surface area contributed by atoms with Crippen LogP contribution in [0.2, 0.25) is 0 Å². The summed E-state index contributed by atoms with van der Waals surface area (Å²) in [6.45, 7) is 4.38. The molecule has 2 aliphatic heterocycles. The first-order valence-electron chi connectivity index (χ1n) is 8.67. The molecule has 2 aliphatic rings. The number of nitrogens with zero attached hydrogens (tertiary/aromatic N) is 3. The van der Waals surface area contributed by atoms with Crippen LogP contribution in [0.5, 0.6) is 0 Å². The smallest absolute Gasteiger partial charge is 0.225 e. The van der Waals surface area contributed by atoms with E-state index in [2.05, 4.69) is 21.0 Å². The van der Waals surface area contributed by atoms with Gasteiger partial charge in [-0.3, -0.25) is 4.79 Å². The number of fused-ring (bicyclic) bond motifs is 1. The lowest BCUT2D eigenvalue weighted by Crippen LogP contribution is -2.41. The molecule has 0 aromatic carbocycles. The van der Waals surface area contributed by atoms with Crippen LogP contribution in [-0.4, -0.2) is 40.1 Å². The van der Waals surface area contributed by atoms with E-state index in [0.29, 0.717) is 12.5 Å². The highest BCUT2D eigenvalue weighted by atomic mass is 32.1. The van der Waals surface area contributed by atoms with Crippen molar-refractivity contribution in [1.82, 2.24) is 14.5 Å². The fourth-order valence-corrected chi connectivity index (χ4v) is 4.85. The van der Waals surface area contributed by atoms with Gasteiger partial charge in [0.05, 0.1) is 19.1 Å². The summed E-state index contributed by atoms with van der Waals surface area (Å²) in [4.78, 5) is 20.4. The summed E-state index contributed by atoms with van der Waals surface area (Å²) in [5, 5.41) is 2.11. The standard InChI is InChI=1S/C18H23N3O2S/c1-13-19-6-8-21(13)15-3-2-7-20(12-15)17(22)11-16-18-14(4-9-23-16)5-10-24-18/h5-6,8,10,15-16H,2-4,7,9,11-12H2,1H3/t15-,16-/m0/s1. The molecule has 2 aromatic heterocycles. The fraction of sp³-hybridized carbons (Fsp3) is 0.556. The van der Waals surface area contributed by atoms with Crippen LogP contribution in [0.4, 0.5) is 0 Å². The second-order valence-electron chi connectivity index (χ2n) is 6.64. The van der Waals surface area contributed by atoms with Gasteiger partial charge in [-0.25, -0.2) is 4.98 Å². The molecule has 0 bridgehead atoms. The van der Waals surface area contributed by atoms with Crippen molar-refractivity contribution in [1.29, 1.82) is 0 Å². The van der Waals surface area contributed by atoms with Gasteiger partial charge in [-0.1, -0.05) is 0 Å². The molecule has 6 heteroatoms. The quantitative estimate of drug-likeness (QED) is 0.859. The van der Waals surface area contributed by atoms with E-state index >= 15 is 0 Å². The lowest BCUT2D eigenvalue weighted by molar-refractivity contribution is -0.136. The summed E-state index contributed by atoms with van der Waals surface area (Å²) < 4.78 is 8.09. The second-order valence-corrected chi connectivity index (χ2v) is 7.59. The monoisotopic (exact) mass is 345 g/mol. The summed E-state index contributed by atoms with van der Waals surface area (Å²) in [5.41, 5.74) is 1.36. The Morgan fingerprint density at radius 2 is 2.42 bits per heavy atom. The predicted molar refractivity (Wildman–Crippen MR) is 93.1 cm³/mol. The third-order valence-electron chi connectivity index (χ3n) is 5.13.